The molecule has 8 heteroatoms. The molecule has 0 spiro atoms. The predicted octanol–water partition coefficient (Wildman–Crippen LogP) is 5.19. The van der Waals surface area contributed by atoms with Gasteiger partial charge in [-0.25, -0.2) is 8.42 Å². The number of hydrogen-bond donors (Lipinski definition) is 2. The van der Waals surface area contributed by atoms with E-state index in [1.165, 1.54) is 13.2 Å². The number of carbonyl (C=O) groups excluding carboxylic acids is 2. The van der Waals surface area contributed by atoms with Gasteiger partial charge in [-0.3, -0.25) is 9.59 Å². The Morgan fingerprint density at radius 3 is 2.22 bits per heavy atom. The number of aryl methyl sites for hydroxylation is 1. The Hall–Kier alpha value is -3.23. The summed E-state index contributed by atoms with van der Waals surface area (Å²) in [6.45, 7) is 3.48. The number of amides is 1. The Kier molecular flexibility index (Phi) is 7.47. The summed E-state index contributed by atoms with van der Waals surface area (Å²) in [4.78, 5) is 25.8. The van der Waals surface area contributed by atoms with Crippen LogP contribution in [0.5, 0.6) is 0 Å². The van der Waals surface area contributed by atoms with Crippen LogP contribution < -0.4 is 10.0 Å². The molecule has 1 aliphatic carbocycles. The summed E-state index contributed by atoms with van der Waals surface area (Å²) in [5.74, 6) is -1.03. The molecule has 0 aromatic heterocycles. The zero-order valence-corrected chi connectivity index (χ0v) is 21.7. The molecule has 3 aromatic carbocycles. The lowest BCUT2D eigenvalue weighted by molar-refractivity contribution is -0.150. The summed E-state index contributed by atoms with van der Waals surface area (Å²) < 4.78 is 35.2. The highest BCUT2D eigenvalue weighted by molar-refractivity contribution is 7.89. The van der Waals surface area contributed by atoms with Crippen molar-refractivity contribution in [2.75, 3.05) is 12.4 Å². The Bertz CT molecular complexity index is 1400. The SMILES string of the molecule is COC(=O)C(C)(NS(=O)(=O)c1ccc(NC(=O)c2ccccc2C)c2ccccc12)C1CCCCC1. The van der Waals surface area contributed by atoms with Gasteiger partial charge in [0.15, 0.2) is 0 Å². The summed E-state index contributed by atoms with van der Waals surface area (Å²) in [7, 11) is -2.84. The first-order chi connectivity index (χ1) is 17.2. The molecule has 190 valence electrons. The molecule has 3 aromatic rings. The van der Waals surface area contributed by atoms with Crippen LogP contribution in [-0.2, 0) is 19.6 Å². The lowest BCUT2D eigenvalue weighted by Crippen LogP contribution is -2.58. The fourth-order valence-corrected chi connectivity index (χ4v) is 6.78. The molecule has 0 heterocycles. The average molecular weight is 509 g/mol. The minimum absolute atomic E-state index is 0.0397. The second-order valence-corrected chi connectivity index (χ2v) is 11.2. The van der Waals surface area contributed by atoms with Crippen LogP contribution in [0, 0.1) is 12.8 Å². The van der Waals surface area contributed by atoms with E-state index in [2.05, 4.69) is 10.0 Å². The summed E-state index contributed by atoms with van der Waals surface area (Å²) in [5.41, 5.74) is 0.502. The number of anilines is 1. The van der Waals surface area contributed by atoms with E-state index in [1.807, 2.05) is 19.1 Å². The molecule has 4 rings (SSSR count). The van der Waals surface area contributed by atoms with Crippen molar-refractivity contribution in [3.63, 3.8) is 0 Å². The van der Waals surface area contributed by atoms with Gasteiger partial charge in [-0.05, 0) is 56.4 Å². The summed E-state index contributed by atoms with van der Waals surface area (Å²) in [6.07, 6.45) is 4.45. The number of sulfonamides is 1. The second-order valence-electron chi connectivity index (χ2n) is 9.56. The van der Waals surface area contributed by atoms with Crippen molar-refractivity contribution in [3.8, 4) is 0 Å². The number of ether oxygens (including phenoxy) is 1. The molecule has 1 amide bonds. The van der Waals surface area contributed by atoms with E-state index in [1.54, 1.807) is 49.4 Å². The van der Waals surface area contributed by atoms with Crippen LogP contribution in [-0.4, -0.2) is 32.9 Å². The van der Waals surface area contributed by atoms with E-state index in [9.17, 15) is 18.0 Å². The van der Waals surface area contributed by atoms with Gasteiger partial charge in [-0.1, -0.05) is 61.7 Å². The maximum absolute atomic E-state index is 13.7. The van der Waals surface area contributed by atoms with E-state index in [4.69, 9.17) is 4.74 Å². The average Bonchev–Trinajstić information content (AvgIpc) is 2.88. The van der Waals surface area contributed by atoms with Crippen LogP contribution in [0.25, 0.3) is 10.8 Å². The van der Waals surface area contributed by atoms with Gasteiger partial charge in [0.05, 0.1) is 12.0 Å². The summed E-state index contributed by atoms with van der Waals surface area (Å²) in [6, 6.07) is 17.3. The molecule has 1 atom stereocenters. The standard InChI is InChI=1S/C28H32N2O5S/c1-19-11-7-8-14-21(19)26(31)29-24-17-18-25(23-16-10-9-15-22(23)24)36(33,34)30-28(2,27(32)35-3)20-12-5-4-6-13-20/h7-11,14-18,20,30H,4-6,12-13H2,1-3H3,(H,29,31). The third-order valence-electron chi connectivity index (χ3n) is 7.19. The number of methoxy groups -OCH3 is 1. The van der Waals surface area contributed by atoms with Crippen LogP contribution in [0.1, 0.15) is 54.9 Å². The first kappa shape index (κ1) is 25.9. The minimum atomic E-state index is -4.12. The van der Waals surface area contributed by atoms with Crippen LogP contribution in [0.15, 0.2) is 65.6 Å². The number of rotatable bonds is 7. The largest absolute Gasteiger partial charge is 0.468 e. The number of fused-ring (bicyclic) bond motifs is 1. The molecular formula is C28H32N2O5S. The number of benzene rings is 3. The van der Waals surface area contributed by atoms with Crippen molar-refractivity contribution < 1.29 is 22.7 Å². The molecule has 7 nitrogen and oxygen atoms in total. The highest BCUT2D eigenvalue weighted by atomic mass is 32.2. The Morgan fingerprint density at radius 2 is 1.56 bits per heavy atom. The molecule has 1 unspecified atom stereocenters. The maximum Gasteiger partial charge on any atom is 0.327 e. The van der Waals surface area contributed by atoms with Crippen molar-refractivity contribution >= 4 is 38.4 Å². The lowest BCUT2D eigenvalue weighted by Gasteiger charge is -2.37. The van der Waals surface area contributed by atoms with Crippen LogP contribution in [0.3, 0.4) is 0 Å². The fraction of sp³-hybridized carbons (Fsp3) is 0.357. The molecular weight excluding hydrogens is 476 g/mol. The molecule has 0 aliphatic heterocycles. The van der Waals surface area contributed by atoms with Crippen molar-refractivity contribution in [1.29, 1.82) is 0 Å². The van der Waals surface area contributed by atoms with Gasteiger partial charge in [-0.15, -0.1) is 0 Å². The quantitative estimate of drug-likeness (QED) is 0.428. The van der Waals surface area contributed by atoms with E-state index in [0.717, 1.165) is 37.7 Å². The molecule has 0 radical (unpaired) electrons. The first-order valence-electron chi connectivity index (χ1n) is 12.2. The van der Waals surface area contributed by atoms with Gasteiger partial charge in [0.2, 0.25) is 10.0 Å². The van der Waals surface area contributed by atoms with Crippen molar-refractivity contribution in [3.05, 3.63) is 71.8 Å². The number of hydrogen-bond acceptors (Lipinski definition) is 5. The van der Waals surface area contributed by atoms with Gasteiger partial charge >= 0.3 is 5.97 Å². The molecule has 1 saturated carbocycles. The molecule has 1 fully saturated rings. The van der Waals surface area contributed by atoms with Crippen molar-refractivity contribution in [2.45, 2.75) is 56.4 Å². The lowest BCUT2D eigenvalue weighted by atomic mass is 9.76. The van der Waals surface area contributed by atoms with Crippen molar-refractivity contribution in [1.82, 2.24) is 4.72 Å². The summed E-state index contributed by atoms with van der Waals surface area (Å²) in [5, 5.41) is 3.95. The monoisotopic (exact) mass is 508 g/mol. The Balaban J connectivity index is 1.72. The van der Waals surface area contributed by atoms with Gasteiger partial charge < -0.3 is 10.1 Å². The second kappa shape index (κ2) is 10.4. The highest BCUT2D eigenvalue weighted by Gasteiger charge is 2.46. The number of carbonyl (C=O) groups is 2. The van der Waals surface area contributed by atoms with E-state index >= 15 is 0 Å². The number of esters is 1. The third-order valence-corrected chi connectivity index (χ3v) is 8.82. The predicted molar refractivity (Wildman–Crippen MR) is 140 cm³/mol. The fourth-order valence-electron chi connectivity index (χ4n) is 5.15. The number of nitrogens with one attached hydrogen (secondary N) is 2. The van der Waals surface area contributed by atoms with Gasteiger partial charge in [0, 0.05) is 22.0 Å². The zero-order chi connectivity index (χ0) is 25.9. The highest BCUT2D eigenvalue weighted by Crippen LogP contribution is 2.36. The van der Waals surface area contributed by atoms with Gasteiger partial charge in [-0.2, -0.15) is 4.72 Å². The van der Waals surface area contributed by atoms with Crippen LogP contribution in [0.2, 0.25) is 0 Å². The Morgan fingerprint density at radius 1 is 0.917 bits per heavy atom. The van der Waals surface area contributed by atoms with Gasteiger partial charge in [0.1, 0.15) is 5.54 Å². The minimum Gasteiger partial charge on any atom is -0.468 e. The first-order valence-corrected chi connectivity index (χ1v) is 13.7. The third kappa shape index (κ3) is 5.01. The smallest absolute Gasteiger partial charge is 0.327 e. The van der Waals surface area contributed by atoms with Crippen LogP contribution >= 0.6 is 0 Å². The molecule has 1 aliphatic rings. The van der Waals surface area contributed by atoms with E-state index in [0.29, 0.717) is 22.0 Å². The molecule has 0 saturated heterocycles. The zero-order valence-electron chi connectivity index (χ0n) is 20.8. The van der Waals surface area contributed by atoms with E-state index in [-0.39, 0.29) is 16.7 Å². The summed E-state index contributed by atoms with van der Waals surface area (Å²) >= 11 is 0. The van der Waals surface area contributed by atoms with Crippen molar-refractivity contribution in [2.24, 2.45) is 5.92 Å². The topological polar surface area (TPSA) is 102 Å². The van der Waals surface area contributed by atoms with E-state index < -0.39 is 21.5 Å². The molecule has 36 heavy (non-hydrogen) atoms. The molecule has 2 N–H and O–H groups in total. The maximum atomic E-state index is 13.7. The Labute approximate surface area is 212 Å². The van der Waals surface area contributed by atoms with Crippen LogP contribution in [0.4, 0.5) is 5.69 Å². The normalized spacial score (nSPS) is 16.3. The molecule has 0 bridgehead atoms. The van der Waals surface area contributed by atoms with Gasteiger partial charge in [0.25, 0.3) is 5.91 Å².